The van der Waals surface area contributed by atoms with Crippen LogP contribution in [0.5, 0.6) is 34.5 Å². The number of halogens is 4. The van der Waals surface area contributed by atoms with Crippen LogP contribution in [0.4, 0.5) is 17.6 Å². The van der Waals surface area contributed by atoms with Crippen molar-refractivity contribution in [1.82, 2.24) is 0 Å². The molecular formula is C44H35F4N3O4. The van der Waals surface area contributed by atoms with E-state index in [4.69, 9.17) is 14.2 Å². The van der Waals surface area contributed by atoms with Gasteiger partial charge >= 0.3 is 6.18 Å². The van der Waals surface area contributed by atoms with Gasteiger partial charge in [0.1, 0.15) is 58.5 Å². The molecule has 0 unspecified atom stereocenters. The van der Waals surface area contributed by atoms with Gasteiger partial charge in [-0.15, -0.1) is 0 Å². The molecule has 278 valence electrons. The average molecular weight is 746 g/mol. The lowest BCUT2D eigenvalue weighted by Crippen LogP contribution is -2.06. The van der Waals surface area contributed by atoms with Gasteiger partial charge in [0.05, 0.1) is 22.3 Å². The molecule has 0 aromatic heterocycles. The molecule has 0 fully saturated rings. The second kappa shape index (κ2) is 17.5. The van der Waals surface area contributed by atoms with Crippen LogP contribution < -0.4 is 14.2 Å². The van der Waals surface area contributed by atoms with Gasteiger partial charge in [0.2, 0.25) is 0 Å². The second-order valence-electron chi connectivity index (χ2n) is 12.7. The Morgan fingerprint density at radius 3 is 1.38 bits per heavy atom. The Bertz CT molecular complexity index is 2330. The number of alkyl halides is 3. The first-order valence-corrected chi connectivity index (χ1v) is 17.6. The van der Waals surface area contributed by atoms with Crippen LogP contribution in [0.2, 0.25) is 0 Å². The molecule has 5 aromatic carbocycles. The molecule has 55 heavy (non-hydrogen) atoms. The van der Waals surface area contributed by atoms with Gasteiger partial charge in [-0.1, -0.05) is 52.2 Å². The highest BCUT2D eigenvalue weighted by Crippen LogP contribution is 2.40. The van der Waals surface area contributed by atoms with E-state index in [1.165, 1.54) is 30.3 Å². The highest BCUT2D eigenvalue weighted by atomic mass is 19.4. The number of carbonyl (C=O) groups excluding carboxylic acids is 1. The average Bonchev–Trinajstić information content (AvgIpc) is 3.17. The van der Waals surface area contributed by atoms with Crippen molar-refractivity contribution in [1.29, 1.82) is 15.8 Å². The minimum Gasteiger partial charge on any atom is -0.457 e. The summed E-state index contributed by atoms with van der Waals surface area (Å²) in [5.74, 6) is 0.737. The van der Waals surface area contributed by atoms with Gasteiger partial charge in [-0.2, -0.15) is 29.0 Å². The van der Waals surface area contributed by atoms with Crippen LogP contribution in [0.3, 0.4) is 0 Å². The first-order valence-electron chi connectivity index (χ1n) is 17.6. The maximum absolute atomic E-state index is 14.5. The van der Waals surface area contributed by atoms with E-state index in [1.54, 1.807) is 30.3 Å². The largest absolute Gasteiger partial charge is 0.457 e. The van der Waals surface area contributed by atoms with Crippen molar-refractivity contribution in [3.8, 4) is 52.7 Å². The first-order chi connectivity index (χ1) is 26.4. The summed E-state index contributed by atoms with van der Waals surface area (Å²) in [6.07, 6.45) is -0.776. The molecule has 0 atom stereocenters. The highest BCUT2D eigenvalue weighted by Gasteiger charge is 2.30. The number of nitrogens with zero attached hydrogens (tertiary/aromatic N) is 3. The Balaban J connectivity index is 1.43. The highest BCUT2D eigenvalue weighted by molar-refractivity contribution is 6.09. The lowest BCUT2D eigenvalue weighted by Gasteiger charge is -2.18. The molecule has 5 rings (SSSR count). The van der Waals surface area contributed by atoms with Crippen LogP contribution in [0, 0.1) is 39.8 Å². The van der Waals surface area contributed by atoms with Gasteiger partial charge in [0, 0.05) is 29.3 Å². The van der Waals surface area contributed by atoms with Crippen LogP contribution in [0.25, 0.3) is 0 Å². The van der Waals surface area contributed by atoms with E-state index in [9.17, 15) is 38.1 Å². The van der Waals surface area contributed by atoms with Crippen molar-refractivity contribution in [2.75, 3.05) is 0 Å². The fourth-order valence-electron chi connectivity index (χ4n) is 5.92. The molecule has 0 heterocycles. The summed E-state index contributed by atoms with van der Waals surface area (Å²) in [6, 6.07) is 25.4. The van der Waals surface area contributed by atoms with E-state index < -0.39 is 23.3 Å². The number of hydrogen-bond acceptors (Lipinski definition) is 7. The Hall–Kier alpha value is -6.64. The molecule has 0 N–H and O–H groups in total. The molecule has 0 aliphatic carbocycles. The van der Waals surface area contributed by atoms with E-state index >= 15 is 0 Å². The summed E-state index contributed by atoms with van der Waals surface area (Å²) in [6.45, 7) is 5.89. The molecule has 0 spiro atoms. The number of ether oxygens (including phenoxy) is 3. The van der Waals surface area contributed by atoms with E-state index in [1.807, 2.05) is 26.8 Å². The molecule has 0 bridgehead atoms. The normalized spacial score (nSPS) is 10.9. The van der Waals surface area contributed by atoms with E-state index in [-0.39, 0.29) is 45.1 Å². The lowest BCUT2D eigenvalue weighted by molar-refractivity contribution is -0.137. The van der Waals surface area contributed by atoms with Gasteiger partial charge in [-0.05, 0) is 90.6 Å². The van der Waals surface area contributed by atoms with E-state index in [0.29, 0.717) is 60.5 Å². The number of ketones is 1. The predicted molar refractivity (Wildman–Crippen MR) is 197 cm³/mol. The lowest BCUT2D eigenvalue weighted by atomic mass is 10.0. The summed E-state index contributed by atoms with van der Waals surface area (Å²) in [5.41, 5.74) is 1.62. The van der Waals surface area contributed by atoms with Crippen molar-refractivity contribution >= 4 is 5.78 Å². The molecule has 0 saturated heterocycles. The van der Waals surface area contributed by atoms with Crippen LogP contribution >= 0.6 is 0 Å². The SMILES string of the molecule is CCCc1cc(Oc2cc(C#N)c(Oc3cc(C#N)c(F)cc3CCC)cc2CCC)c(C#N)cc1Oc1ccc(C(=O)c2ccc(C(F)(F)F)cc2)cc1. The van der Waals surface area contributed by atoms with Gasteiger partial charge < -0.3 is 14.2 Å². The molecule has 0 amide bonds. The Kier molecular flexibility index (Phi) is 12.6. The maximum atomic E-state index is 14.5. The van der Waals surface area contributed by atoms with Gasteiger partial charge in [0.25, 0.3) is 0 Å². The zero-order valence-corrected chi connectivity index (χ0v) is 30.3. The smallest absolute Gasteiger partial charge is 0.416 e. The Morgan fingerprint density at radius 2 is 0.964 bits per heavy atom. The van der Waals surface area contributed by atoms with Crippen molar-refractivity contribution in [2.45, 2.75) is 65.5 Å². The van der Waals surface area contributed by atoms with Crippen molar-refractivity contribution < 1.29 is 36.6 Å². The Morgan fingerprint density at radius 1 is 0.564 bits per heavy atom. The molecule has 0 aliphatic rings. The van der Waals surface area contributed by atoms with Gasteiger partial charge in [-0.3, -0.25) is 4.79 Å². The number of hydrogen-bond donors (Lipinski definition) is 0. The summed E-state index contributed by atoms with van der Waals surface area (Å²) >= 11 is 0. The topological polar surface area (TPSA) is 116 Å². The van der Waals surface area contributed by atoms with Crippen LogP contribution in [0.1, 0.15) is 94.9 Å². The standard InChI is InChI=1S/C44H35F4N3O4/c1-4-7-29-18-37(45)32(24-49)21-39(29)54-42-20-31(9-6-3)40(23-34(42)26-51)55-41-19-30(8-5-2)38(22-33(41)25-50)53-36-16-12-28(13-17-36)43(52)27-10-14-35(15-11-27)44(46,47)48/h10-23H,4-9H2,1-3H3. The quantitative estimate of drug-likeness (QED) is 0.0820. The number of nitriles is 3. The van der Waals surface area contributed by atoms with Gasteiger partial charge in [0.15, 0.2) is 5.78 Å². The van der Waals surface area contributed by atoms with Crippen LogP contribution in [0.15, 0.2) is 84.9 Å². The Labute approximate surface area is 316 Å². The van der Waals surface area contributed by atoms with E-state index in [2.05, 4.69) is 12.1 Å². The molecule has 0 aliphatic heterocycles. The monoisotopic (exact) mass is 745 g/mol. The molecule has 11 heteroatoms. The zero-order chi connectivity index (χ0) is 39.7. The summed E-state index contributed by atoms with van der Waals surface area (Å²) < 4.78 is 72.1. The fraction of sp³-hybridized carbons (Fsp3) is 0.227. The molecule has 0 saturated carbocycles. The fourth-order valence-corrected chi connectivity index (χ4v) is 5.92. The number of benzene rings is 5. The predicted octanol–water partition coefficient (Wildman–Crippen LogP) is 11.9. The van der Waals surface area contributed by atoms with Crippen molar-refractivity contribution in [2.24, 2.45) is 0 Å². The molecule has 5 aromatic rings. The zero-order valence-electron chi connectivity index (χ0n) is 30.3. The molecular weight excluding hydrogens is 710 g/mol. The third-order valence-electron chi connectivity index (χ3n) is 8.65. The third kappa shape index (κ3) is 9.30. The van der Waals surface area contributed by atoms with Gasteiger partial charge in [-0.25, -0.2) is 4.39 Å². The number of carbonyl (C=O) groups is 1. The van der Waals surface area contributed by atoms with Crippen molar-refractivity contribution in [3.05, 3.63) is 141 Å². The molecule has 0 radical (unpaired) electrons. The summed E-state index contributed by atoms with van der Waals surface area (Å²) in [5, 5.41) is 29.7. The minimum atomic E-state index is -4.51. The summed E-state index contributed by atoms with van der Waals surface area (Å²) in [7, 11) is 0. The first kappa shape index (κ1) is 39.6. The van der Waals surface area contributed by atoms with Crippen LogP contribution in [-0.2, 0) is 25.4 Å². The summed E-state index contributed by atoms with van der Waals surface area (Å²) in [4.78, 5) is 12.9. The number of rotatable bonds is 14. The molecule has 7 nitrogen and oxygen atoms in total. The maximum Gasteiger partial charge on any atom is 0.416 e. The van der Waals surface area contributed by atoms with Crippen molar-refractivity contribution in [3.63, 3.8) is 0 Å². The number of aryl methyl sites for hydroxylation is 3. The van der Waals surface area contributed by atoms with Crippen LogP contribution in [-0.4, -0.2) is 5.78 Å². The third-order valence-corrected chi connectivity index (χ3v) is 8.65. The van der Waals surface area contributed by atoms with E-state index in [0.717, 1.165) is 36.2 Å². The second-order valence-corrected chi connectivity index (χ2v) is 12.7. The minimum absolute atomic E-state index is 0.107.